The molecule has 1 unspecified atom stereocenters. The van der Waals surface area contributed by atoms with E-state index in [0.717, 1.165) is 38.9 Å². The highest BCUT2D eigenvalue weighted by molar-refractivity contribution is 6.42. The minimum Gasteiger partial charge on any atom is -0.489 e. The van der Waals surface area contributed by atoms with Crippen LogP contribution in [-0.2, 0) is 40.3 Å². The Morgan fingerprint density at radius 3 is 2.21 bits per heavy atom. The van der Waals surface area contributed by atoms with Crippen molar-refractivity contribution >= 4 is 59.1 Å². The van der Waals surface area contributed by atoms with E-state index in [2.05, 4.69) is 10.6 Å². The molecule has 53 heavy (non-hydrogen) atoms. The second kappa shape index (κ2) is 17.1. The number of amides is 1. The fourth-order valence-corrected chi connectivity index (χ4v) is 6.77. The largest absolute Gasteiger partial charge is 0.489 e. The Kier molecular flexibility index (Phi) is 12.4. The number of fused-ring (bicyclic) bond motifs is 2. The number of esters is 1. The van der Waals surface area contributed by atoms with Gasteiger partial charge in [-0.05, 0) is 93.9 Å². The molecule has 5 aromatic rings. The first-order valence-corrected chi connectivity index (χ1v) is 17.9. The van der Waals surface area contributed by atoms with Crippen LogP contribution in [-0.4, -0.2) is 37.7 Å². The van der Waals surface area contributed by atoms with Crippen molar-refractivity contribution in [1.29, 1.82) is 0 Å². The van der Waals surface area contributed by atoms with Crippen LogP contribution in [0.3, 0.4) is 0 Å². The van der Waals surface area contributed by atoms with Gasteiger partial charge in [0.05, 0.1) is 23.2 Å². The number of nitrogens with one attached hydrogen (secondary N) is 2. The molecule has 5 aromatic carbocycles. The third-order valence-corrected chi connectivity index (χ3v) is 10.2. The Hall–Kier alpha value is -4.44. The van der Waals surface area contributed by atoms with Gasteiger partial charge in [0.1, 0.15) is 25.0 Å². The molecule has 2 N–H and O–H groups in total. The van der Waals surface area contributed by atoms with Gasteiger partial charge in [0.25, 0.3) is 0 Å². The number of rotatable bonds is 10. The molecule has 0 aromatic heterocycles. The standard InChI is InChI=1S/C41H35Cl3N2O6.ClH/c1-49-41(48)36(17-24-2-5-26(6-3-24)27-7-11-31(42)12-8-27)46-40(47)35-18-29-19-37-38(20-30(29)21-45-35)52-39(23-51-37)28-9-13-32(14-10-28)50-22-25-4-15-33(43)34(44)16-25;/h2-16,19-20,35-36,39,45H,17-18,21-23H2,1H3,(H,46,47);1H/t35?,36-,39+;/m0./s1. The van der Waals surface area contributed by atoms with Gasteiger partial charge in [-0.2, -0.15) is 0 Å². The Balaban J connectivity index is 0.00000481. The lowest BCUT2D eigenvalue weighted by molar-refractivity contribution is -0.145. The van der Waals surface area contributed by atoms with Crippen LogP contribution < -0.4 is 24.8 Å². The first kappa shape index (κ1) is 38.3. The summed E-state index contributed by atoms with van der Waals surface area (Å²) >= 11 is 18.2. The van der Waals surface area contributed by atoms with Crippen molar-refractivity contribution in [2.45, 2.75) is 44.2 Å². The number of halogens is 4. The van der Waals surface area contributed by atoms with Gasteiger partial charge in [0.2, 0.25) is 5.91 Å². The molecule has 2 aliphatic rings. The number of hydrogen-bond donors (Lipinski definition) is 2. The Bertz CT molecular complexity index is 2080. The van der Waals surface area contributed by atoms with Crippen LogP contribution in [0.2, 0.25) is 15.1 Å². The highest BCUT2D eigenvalue weighted by Crippen LogP contribution is 2.40. The summed E-state index contributed by atoms with van der Waals surface area (Å²) in [6, 6.07) is 31.1. The maximum atomic E-state index is 13.5. The second-order valence-corrected chi connectivity index (χ2v) is 14.0. The van der Waals surface area contributed by atoms with E-state index in [-0.39, 0.29) is 30.8 Å². The number of hydrogen-bond acceptors (Lipinski definition) is 7. The van der Waals surface area contributed by atoms with Crippen molar-refractivity contribution in [3.05, 3.63) is 146 Å². The van der Waals surface area contributed by atoms with Gasteiger partial charge in [-0.25, -0.2) is 4.79 Å². The summed E-state index contributed by atoms with van der Waals surface area (Å²) in [4.78, 5) is 26.2. The van der Waals surface area contributed by atoms with Crippen LogP contribution in [0.5, 0.6) is 17.2 Å². The molecule has 8 nitrogen and oxygen atoms in total. The highest BCUT2D eigenvalue weighted by Gasteiger charge is 2.31. The van der Waals surface area contributed by atoms with E-state index in [4.69, 9.17) is 53.8 Å². The summed E-state index contributed by atoms with van der Waals surface area (Å²) < 4.78 is 23.5. The van der Waals surface area contributed by atoms with E-state index in [1.807, 2.05) is 91.0 Å². The number of benzene rings is 5. The maximum Gasteiger partial charge on any atom is 0.328 e. The molecule has 0 bridgehead atoms. The lowest BCUT2D eigenvalue weighted by Crippen LogP contribution is -2.53. The Labute approximate surface area is 329 Å². The molecular formula is C41H36Cl4N2O6. The fourth-order valence-electron chi connectivity index (χ4n) is 6.33. The molecule has 0 fully saturated rings. The molecule has 0 spiro atoms. The topological polar surface area (TPSA) is 95.1 Å². The van der Waals surface area contributed by atoms with Gasteiger partial charge >= 0.3 is 5.97 Å². The van der Waals surface area contributed by atoms with Gasteiger partial charge < -0.3 is 29.6 Å². The summed E-state index contributed by atoms with van der Waals surface area (Å²) in [6.45, 7) is 1.15. The summed E-state index contributed by atoms with van der Waals surface area (Å²) in [6.07, 6.45) is 0.416. The third kappa shape index (κ3) is 9.21. The number of carbonyl (C=O) groups excluding carboxylic acids is 2. The van der Waals surface area contributed by atoms with Gasteiger partial charge in [0.15, 0.2) is 17.6 Å². The fraction of sp³-hybridized carbons (Fsp3) is 0.220. The molecule has 0 saturated heterocycles. The van der Waals surface area contributed by atoms with E-state index in [1.54, 1.807) is 12.1 Å². The van der Waals surface area contributed by atoms with Gasteiger partial charge in [0, 0.05) is 18.0 Å². The van der Waals surface area contributed by atoms with Crippen LogP contribution in [0.25, 0.3) is 11.1 Å². The zero-order valence-electron chi connectivity index (χ0n) is 28.6. The molecule has 2 aliphatic heterocycles. The number of carbonyl (C=O) groups is 2. The maximum absolute atomic E-state index is 13.5. The predicted octanol–water partition coefficient (Wildman–Crippen LogP) is 8.74. The lowest BCUT2D eigenvalue weighted by Gasteiger charge is -2.31. The minimum atomic E-state index is -0.845. The zero-order valence-corrected chi connectivity index (χ0v) is 31.7. The van der Waals surface area contributed by atoms with Crippen molar-refractivity contribution in [1.82, 2.24) is 10.6 Å². The second-order valence-electron chi connectivity index (χ2n) is 12.7. The number of ether oxygens (including phenoxy) is 4. The molecule has 7 rings (SSSR count). The smallest absolute Gasteiger partial charge is 0.328 e. The van der Waals surface area contributed by atoms with E-state index >= 15 is 0 Å². The van der Waals surface area contributed by atoms with Crippen molar-refractivity contribution in [2.24, 2.45) is 0 Å². The Morgan fingerprint density at radius 1 is 0.830 bits per heavy atom. The average molecular weight is 795 g/mol. The van der Waals surface area contributed by atoms with Crippen LogP contribution >= 0.6 is 47.2 Å². The average Bonchev–Trinajstić information content (AvgIpc) is 3.17. The number of methoxy groups -OCH3 is 1. The van der Waals surface area contributed by atoms with E-state index in [1.165, 1.54) is 7.11 Å². The van der Waals surface area contributed by atoms with Crippen molar-refractivity contribution in [3.8, 4) is 28.4 Å². The molecule has 274 valence electrons. The van der Waals surface area contributed by atoms with E-state index < -0.39 is 18.1 Å². The summed E-state index contributed by atoms with van der Waals surface area (Å²) in [5.41, 5.74) is 6.82. The van der Waals surface area contributed by atoms with Gasteiger partial charge in [-0.3, -0.25) is 4.79 Å². The minimum absolute atomic E-state index is 0. The summed E-state index contributed by atoms with van der Waals surface area (Å²) in [5.74, 6) is 1.20. The molecule has 0 saturated carbocycles. The highest BCUT2D eigenvalue weighted by atomic mass is 35.5. The SMILES string of the molecule is COC(=O)[C@H](Cc1ccc(-c2ccc(Cl)cc2)cc1)NC(=O)C1Cc2cc3c(cc2CN1)O[C@@H](c1ccc(OCc2ccc(Cl)c(Cl)c2)cc1)CO3.Cl. The van der Waals surface area contributed by atoms with Crippen molar-refractivity contribution < 1.29 is 28.5 Å². The van der Waals surface area contributed by atoms with Gasteiger partial charge in [-0.15, -0.1) is 12.4 Å². The van der Waals surface area contributed by atoms with Crippen LogP contribution in [0.4, 0.5) is 0 Å². The van der Waals surface area contributed by atoms with E-state index in [0.29, 0.717) is 58.5 Å². The normalized spacial score (nSPS) is 16.4. The van der Waals surface area contributed by atoms with Crippen LogP contribution in [0.1, 0.15) is 33.9 Å². The molecule has 1 amide bonds. The quantitative estimate of drug-likeness (QED) is 0.137. The monoisotopic (exact) mass is 792 g/mol. The Morgan fingerprint density at radius 2 is 1.51 bits per heavy atom. The molecule has 2 heterocycles. The van der Waals surface area contributed by atoms with Crippen molar-refractivity contribution in [2.75, 3.05) is 13.7 Å². The first-order chi connectivity index (χ1) is 25.2. The molecule has 0 radical (unpaired) electrons. The van der Waals surface area contributed by atoms with Gasteiger partial charge in [-0.1, -0.05) is 89.4 Å². The molecule has 12 heteroatoms. The first-order valence-electron chi connectivity index (χ1n) is 16.8. The molecule has 0 aliphatic carbocycles. The lowest BCUT2D eigenvalue weighted by atomic mass is 9.94. The molecule has 3 atom stereocenters. The molecular weight excluding hydrogens is 758 g/mol. The third-order valence-electron chi connectivity index (χ3n) is 9.22. The summed E-state index contributed by atoms with van der Waals surface area (Å²) in [7, 11) is 1.32. The van der Waals surface area contributed by atoms with E-state index in [9.17, 15) is 9.59 Å². The van der Waals surface area contributed by atoms with Crippen LogP contribution in [0.15, 0.2) is 103 Å². The summed E-state index contributed by atoms with van der Waals surface area (Å²) in [5, 5.41) is 7.90. The predicted molar refractivity (Wildman–Crippen MR) is 209 cm³/mol. The zero-order chi connectivity index (χ0) is 36.2. The van der Waals surface area contributed by atoms with Crippen LogP contribution in [0, 0.1) is 0 Å². The van der Waals surface area contributed by atoms with Crippen molar-refractivity contribution in [3.63, 3.8) is 0 Å².